The van der Waals surface area contributed by atoms with Crippen molar-refractivity contribution in [1.82, 2.24) is 9.97 Å². The molecule has 7 heteroatoms. The number of furan rings is 1. The smallest absolute Gasteiger partial charge is 0.173 e. The fraction of sp³-hybridized carbons (Fsp3) is 0.0909. The molecule has 0 bridgehead atoms. The number of rotatable bonds is 3. The van der Waals surface area contributed by atoms with Crippen LogP contribution in [0.2, 0.25) is 5.15 Å². The Kier molecular flexibility index (Phi) is 3.69. The molecule has 0 saturated heterocycles. The van der Waals surface area contributed by atoms with Gasteiger partial charge in [0.05, 0.1) is 18.7 Å². The number of hydrogen-bond acceptors (Lipinski definition) is 5. The van der Waals surface area contributed by atoms with Gasteiger partial charge in [0, 0.05) is 0 Å². The Bertz CT molecular complexity index is 591. The molecule has 0 saturated carbocycles. The summed E-state index contributed by atoms with van der Waals surface area (Å²) in [5, 5.41) is 8.05. The fourth-order valence-electron chi connectivity index (χ4n) is 1.18. The molecule has 2 aromatic rings. The second kappa shape index (κ2) is 5.42. The third-order valence-corrected chi connectivity index (χ3v) is 2.24. The van der Waals surface area contributed by atoms with Gasteiger partial charge >= 0.3 is 0 Å². The molecule has 2 aromatic heterocycles. The van der Waals surface area contributed by atoms with Crippen LogP contribution in [0, 0.1) is 0 Å². The molecule has 0 aliphatic carbocycles. The topological polar surface area (TPSA) is 89.7 Å². The van der Waals surface area contributed by atoms with Crippen LogP contribution in [0.1, 0.15) is 18.4 Å². The normalized spacial score (nSPS) is 12.8. The molecule has 2 N–H and O–H groups in total. The van der Waals surface area contributed by atoms with Gasteiger partial charge < -0.3 is 10.2 Å². The lowest BCUT2D eigenvalue weighted by Crippen LogP contribution is -2.15. The molecule has 6 nitrogen and oxygen atoms in total. The summed E-state index contributed by atoms with van der Waals surface area (Å²) in [4.78, 5) is 7.83. The number of halogens is 1. The number of amidine groups is 1. The van der Waals surface area contributed by atoms with Gasteiger partial charge in [0.25, 0.3) is 0 Å². The second-order valence-corrected chi connectivity index (χ2v) is 3.76. The first kappa shape index (κ1) is 12.3. The maximum Gasteiger partial charge on any atom is 0.173 e. The minimum atomic E-state index is 0.135. The van der Waals surface area contributed by atoms with E-state index in [0.29, 0.717) is 17.2 Å². The highest BCUT2D eigenvalue weighted by Gasteiger charge is 2.03. The predicted molar refractivity (Wildman–Crippen MR) is 68.7 cm³/mol. The molecular formula is C11H10ClN5O. The molecule has 0 unspecified atom stereocenters. The van der Waals surface area contributed by atoms with Crippen LogP contribution in [0.25, 0.3) is 0 Å². The molecule has 0 atom stereocenters. The quantitative estimate of drug-likeness (QED) is 0.520. The first-order chi connectivity index (χ1) is 8.66. The number of nitrogens with zero attached hydrogens (tertiary/aromatic N) is 4. The van der Waals surface area contributed by atoms with Crippen LogP contribution in [0.3, 0.4) is 0 Å². The lowest BCUT2D eigenvalue weighted by atomic mass is 10.3. The SMILES string of the molecule is C/C(=N/N=C(\N)c1cncc(Cl)n1)c1ccco1. The summed E-state index contributed by atoms with van der Waals surface area (Å²) in [5.41, 5.74) is 6.70. The minimum Gasteiger partial charge on any atom is -0.463 e. The Balaban J connectivity index is 2.21. The summed E-state index contributed by atoms with van der Waals surface area (Å²) >= 11 is 5.70. The average molecular weight is 264 g/mol. The molecule has 2 rings (SSSR count). The van der Waals surface area contributed by atoms with Gasteiger partial charge in [-0.15, -0.1) is 10.2 Å². The van der Waals surface area contributed by atoms with Crippen molar-refractivity contribution in [2.24, 2.45) is 15.9 Å². The maximum absolute atomic E-state index is 5.72. The van der Waals surface area contributed by atoms with Crippen LogP contribution in [0.4, 0.5) is 0 Å². The molecule has 18 heavy (non-hydrogen) atoms. The van der Waals surface area contributed by atoms with E-state index in [0.717, 1.165) is 0 Å². The van der Waals surface area contributed by atoms with Gasteiger partial charge in [0.15, 0.2) is 5.84 Å². The molecule has 0 aromatic carbocycles. The van der Waals surface area contributed by atoms with Crippen LogP contribution in [0.5, 0.6) is 0 Å². The van der Waals surface area contributed by atoms with E-state index < -0.39 is 0 Å². The third-order valence-electron chi connectivity index (χ3n) is 2.05. The maximum atomic E-state index is 5.72. The van der Waals surface area contributed by atoms with Crippen molar-refractivity contribution in [3.05, 3.63) is 47.4 Å². The summed E-state index contributed by atoms with van der Waals surface area (Å²) in [6.07, 6.45) is 4.43. The van der Waals surface area contributed by atoms with Gasteiger partial charge in [-0.1, -0.05) is 11.6 Å². The molecule has 0 fully saturated rings. The highest BCUT2D eigenvalue weighted by molar-refractivity contribution is 6.29. The van der Waals surface area contributed by atoms with Crippen LogP contribution in [0.15, 0.2) is 45.4 Å². The van der Waals surface area contributed by atoms with E-state index in [2.05, 4.69) is 20.2 Å². The first-order valence-electron chi connectivity index (χ1n) is 5.06. The van der Waals surface area contributed by atoms with Gasteiger partial charge in [-0.2, -0.15) is 0 Å². The predicted octanol–water partition coefficient (Wildman–Crippen LogP) is 1.85. The summed E-state index contributed by atoms with van der Waals surface area (Å²) in [5.74, 6) is 0.764. The zero-order chi connectivity index (χ0) is 13.0. The van der Waals surface area contributed by atoms with Crippen LogP contribution >= 0.6 is 11.6 Å². The van der Waals surface area contributed by atoms with E-state index in [-0.39, 0.29) is 11.0 Å². The van der Waals surface area contributed by atoms with Gasteiger partial charge in [-0.25, -0.2) is 4.98 Å². The Hall–Kier alpha value is -2.21. The molecule has 2 heterocycles. The monoisotopic (exact) mass is 263 g/mol. The molecule has 0 spiro atoms. The Morgan fingerprint density at radius 1 is 1.39 bits per heavy atom. The second-order valence-electron chi connectivity index (χ2n) is 3.37. The van der Waals surface area contributed by atoms with E-state index in [4.69, 9.17) is 21.8 Å². The number of aromatic nitrogens is 2. The van der Waals surface area contributed by atoms with Gasteiger partial charge in [0.1, 0.15) is 22.3 Å². The number of hydrogen-bond donors (Lipinski definition) is 1. The zero-order valence-electron chi connectivity index (χ0n) is 9.54. The van der Waals surface area contributed by atoms with E-state index >= 15 is 0 Å². The van der Waals surface area contributed by atoms with Gasteiger partial charge in [-0.05, 0) is 19.1 Å². The van der Waals surface area contributed by atoms with Crippen molar-refractivity contribution in [2.75, 3.05) is 0 Å². The Labute approximate surface area is 108 Å². The van der Waals surface area contributed by atoms with Crippen LogP contribution in [-0.4, -0.2) is 21.5 Å². The zero-order valence-corrected chi connectivity index (χ0v) is 10.3. The molecule has 0 amide bonds. The molecule has 0 aliphatic heterocycles. The van der Waals surface area contributed by atoms with Crippen molar-refractivity contribution in [2.45, 2.75) is 6.92 Å². The van der Waals surface area contributed by atoms with Crippen molar-refractivity contribution >= 4 is 23.1 Å². The molecule has 0 radical (unpaired) electrons. The largest absolute Gasteiger partial charge is 0.463 e. The molecule has 0 aliphatic rings. The van der Waals surface area contributed by atoms with Crippen LogP contribution < -0.4 is 5.73 Å². The highest BCUT2D eigenvalue weighted by atomic mass is 35.5. The minimum absolute atomic E-state index is 0.135. The highest BCUT2D eigenvalue weighted by Crippen LogP contribution is 2.04. The van der Waals surface area contributed by atoms with Crippen molar-refractivity contribution < 1.29 is 4.42 Å². The van der Waals surface area contributed by atoms with Gasteiger partial charge in [-0.3, -0.25) is 4.98 Å². The standard InChI is InChI=1S/C11H10ClN5O/c1-7(9-3-2-4-18-9)16-17-11(13)8-5-14-6-10(12)15-8/h2-6H,1H3,(H2,13,17)/b16-7-. The lowest BCUT2D eigenvalue weighted by Gasteiger charge is -1.97. The third kappa shape index (κ3) is 2.92. The van der Waals surface area contributed by atoms with E-state index in [1.807, 2.05) is 0 Å². The Morgan fingerprint density at radius 2 is 2.22 bits per heavy atom. The summed E-state index contributed by atoms with van der Waals surface area (Å²) in [7, 11) is 0. The lowest BCUT2D eigenvalue weighted by molar-refractivity contribution is 0.557. The van der Waals surface area contributed by atoms with E-state index in [1.165, 1.54) is 12.4 Å². The molecular weight excluding hydrogens is 254 g/mol. The van der Waals surface area contributed by atoms with Crippen molar-refractivity contribution in [3.8, 4) is 0 Å². The molecule has 92 valence electrons. The van der Waals surface area contributed by atoms with Gasteiger partial charge in [0.2, 0.25) is 0 Å². The summed E-state index contributed by atoms with van der Waals surface area (Å²) < 4.78 is 5.16. The van der Waals surface area contributed by atoms with Crippen molar-refractivity contribution in [3.63, 3.8) is 0 Å². The van der Waals surface area contributed by atoms with E-state index in [1.54, 1.807) is 25.3 Å². The summed E-state index contributed by atoms with van der Waals surface area (Å²) in [6, 6.07) is 3.55. The average Bonchev–Trinajstić information content (AvgIpc) is 2.89. The fourth-order valence-corrected chi connectivity index (χ4v) is 1.33. The van der Waals surface area contributed by atoms with E-state index in [9.17, 15) is 0 Å². The van der Waals surface area contributed by atoms with Crippen LogP contribution in [-0.2, 0) is 0 Å². The first-order valence-corrected chi connectivity index (χ1v) is 5.44. The number of nitrogens with two attached hydrogens (primary N) is 1. The Morgan fingerprint density at radius 3 is 2.89 bits per heavy atom. The van der Waals surface area contributed by atoms with Crippen molar-refractivity contribution in [1.29, 1.82) is 0 Å². The summed E-state index contributed by atoms with van der Waals surface area (Å²) in [6.45, 7) is 1.76.